The molecule has 0 saturated carbocycles. The Morgan fingerprint density at radius 3 is 2.46 bits per heavy atom. The average Bonchev–Trinajstić information content (AvgIpc) is 3.22. The Hall–Kier alpha value is -2.68. The van der Waals surface area contributed by atoms with Crippen molar-refractivity contribution in [3.63, 3.8) is 0 Å². The number of benzene rings is 2. The average molecular weight is 416 g/mol. The van der Waals surface area contributed by atoms with E-state index in [0.717, 1.165) is 18.8 Å². The molecular formula is C21H19Cl2N3O2. The minimum atomic E-state index is -0.296. The summed E-state index contributed by atoms with van der Waals surface area (Å²) in [5.74, 6) is 2.37. The van der Waals surface area contributed by atoms with E-state index in [0.29, 0.717) is 26.9 Å². The van der Waals surface area contributed by atoms with Crippen molar-refractivity contribution in [1.82, 2.24) is 5.43 Å². The summed E-state index contributed by atoms with van der Waals surface area (Å²) in [7, 11) is 0. The highest BCUT2D eigenvalue weighted by Gasteiger charge is 2.13. The normalized spacial score (nSPS) is 13.5. The Bertz CT molecular complexity index is 891. The number of nitrogens with zero attached hydrogens (tertiary/aromatic N) is 2. The Morgan fingerprint density at radius 2 is 1.86 bits per heavy atom. The number of rotatable bonds is 6. The second-order valence-corrected chi connectivity index (χ2v) is 7.06. The van der Waals surface area contributed by atoms with Gasteiger partial charge in [0.2, 0.25) is 0 Å². The molecule has 0 aromatic heterocycles. The van der Waals surface area contributed by atoms with Crippen molar-refractivity contribution in [3.05, 3.63) is 57.6 Å². The van der Waals surface area contributed by atoms with Gasteiger partial charge in [-0.15, -0.1) is 6.42 Å². The van der Waals surface area contributed by atoms with Crippen LogP contribution in [-0.4, -0.2) is 31.8 Å². The van der Waals surface area contributed by atoms with Gasteiger partial charge >= 0.3 is 0 Å². The molecule has 2 aromatic carbocycles. The summed E-state index contributed by atoms with van der Waals surface area (Å²) in [6.07, 6.45) is 9.04. The molecule has 0 atom stereocenters. The minimum absolute atomic E-state index is 0.0689. The topological polar surface area (TPSA) is 53.9 Å². The molecular weight excluding hydrogens is 397 g/mol. The van der Waals surface area contributed by atoms with Crippen LogP contribution in [0.3, 0.4) is 0 Å². The monoisotopic (exact) mass is 415 g/mol. The van der Waals surface area contributed by atoms with E-state index in [-0.39, 0.29) is 12.5 Å². The first-order valence-electron chi connectivity index (χ1n) is 8.82. The van der Waals surface area contributed by atoms with E-state index in [1.807, 2.05) is 12.1 Å². The molecule has 2 aromatic rings. The first-order valence-corrected chi connectivity index (χ1v) is 9.58. The third-order valence-corrected chi connectivity index (χ3v) is 4.86. The van der Waals surface area contributed by atoms with Crippen LogP contribution in [0.2, 0.25) is 10.0 Å². The lowest BCUT2D eigenvalue weighted by atomic mass is 10.2. The Kier molecular flexibility index (Phi) is 6.80. The number of carbonyl (C=O) groups is 1. The third kappa shape index (κ3) is 4.98. The lowest BCUT2D eigenvalue weighted by Crippen LogP contribution is -2.19. The van der Waals surface area contributed by atoms with Crippen LogP contribution in [0.5, 0.6) is 5.75 Å². The number of carbonyl (C=O) groups excluding carboxylic acids is 1. The second kappa shape index (κ2) is 9.50. The van der Waals surface area contributed by atoms with E-state index >= 15 is 0 Å². The molecule has 0 aliphatic carbocycles. The molecule has 0 spiro atoms. The number of hydrogen-bond acceptors (Lipinski definition) is 4. The highest BCUT2D eigenvalue weighted by molar-refractivity contribution is 6.37. The number of nitrogens with one attached hydrogen (secondary N) is 1. The number of hydrogen-bond donors (Lipinski definition) is 1. The van der Waals surface area contributed by atoms with Crippen LogP contribution in [0.25, 0.3) is 0 Å². The molecule has 1 N–H and O–H groups in total. The van der Waals surface area contributed by atoms with Crippen LogP contribution in [0, 0.1) is 12.3 Å². The molecule has 1 fully saturated rings. The van der Waals surface area contributed by atoms with Gasteiger partial charge in [-0.1, -0.05) is 29.1 Å². The zero-order chi connectivity index (χ0) is 19.9. The maximum Gasteiger partial charge on any atom is 0.271 e. The fourth-order valence-corrected chi connectivity index (χ4v) is 3.55. The van der Waals surface area contributed by atoms with Gasteiger partial charge in [0.05, 0.1) is 16.3 Å². The van der Waals surface area contributed by atoms with E-state index in [9.17, 15) is 4.79 Å². The zero-order valence-corrected chi connectivity index (χ0v) is 16.6. The van der Waals surface area contributed by atoms with Gasteiger partial charge in [0.1, 0.15) is 6.61 Å². The number of amides is 1. The standard InChI is InChI=1S/C21H19Cl2N3O2/c1-2-11-28-20-18(22)12-15(13-19(20)23)14-24-25-21(27)16-5-7-17(8-6-16)26-9-3-4-10-26/h1,5-8,12-14H,3-4,9-11H2,(H,25,27)/b24-14-. The van der Waals surface area contributed by atoms with Crippen LogP contribution >= 0.6 is 23.2 Å². The van der Waals surface area contributed by atoms with Crippen LogP contribution in [0.1, 0.15) is 28.8 Å². The third-order valence-electron chi connectivity index (χ3n) is 4.30. The molecule has 144 valence electrons. The summed E-state index contributed by atoms with van der Waals surface area (Å²) < 4.78 is 5.30. The molecule has 0 unspecified atom stereocenters. The van der Waals surface area contributed by atoms with E-state index in [1.165, 1.54) is 19.1 Å². The lowest BCUT2D eigenvalue weighted by Gasteiger charge is -2.17. The summed E-state index contributed by atoms with van der Waals surface area (Å²) >= 11 is 12.3. The highest BCUT2D eigenvalue weighted by atomic mass is 35.5. The van der Waals surface area contributed by atoms with E-state index in [4.69, 9.17) is 34.4 Å². The highest BCUT2D eigenvalue weighted by Crippen LogP contribution is 2.33. The van der Waals surface area contributed by atoms with Gasteiger partial charge in [-0.05, 0) is 54.8 Å². The fourth-order valence-electron chi connectivity index (χ4n) is 2.93. The SMILES string of the molecule is C#CCOc1c(Cl)cc(/C=N\NC(=O)c2ccc(N3CCCC3)cc2)cc1Cl. The largest absolute Gasteiger partial charge is 0.478 e. The van der Waals surface area contributed by atoms with Crippen LogP contribution in [-0.2, 0) is 0 Å². The van der Waals surface area contributed by atoms with Gasteiger partial charge in [-0.25, -0.2) is 5.43 Å². The van der Waals surface area contributed by atoms with Gasteiger partial charge in [0.25, 0.3) is 5.91 Å². The van der Waals surface area contributed by atoms with E-state index in [2.05, 4.69) is 21.3 Å². The van der Waals surface area contributed by atoms with Crippen molar-refractivity contribution in [1.29, 1.82) is 0 Å². The molecule has 28 heavy (non-hydrogen) atoms. The molecule has 1 saturated heterocycles. The molecule has 1 amide bonds. The summed E-state index contributed by atoms with van der Waals surface area (Å²) in [5, 5.41) is 4.59. The molecule has 1 heterocycles. The van der Waals surface area contributed by atoms with E-state index < -0.39 is 0 Å². The van der Waals surface area contributed by atoms with Gasteiger partial charge in [0.15, 0.2) is 5.75 Å². The predicted molar refractivity (Wildman–Crippen MR) is 114 cm³/mol. The van der Waals surface area contributed by atoms with Crippen LogP contribution < -0.4 is 15.1 Å². The lowest BCUT2D eigenvalue weighted by molar-refractivity contribution is 0.0955. The molecule has 0 radical (unpaired) electrons. The number of anilines is 1. The van der Waals surface area contributed by atoms with Crippen molar-refractivity contribution in [3.8, 4) is 18.1 Å². The Labute approximate surface area is 174 Å². The number of hydrazone groups is 1. The van der Waals surface area contributed by atoms with Crippen molar-refractivity contribution < 1.29 is 9.53 Å². The van der Waals surface area contributed by atoms with Gasteiger partial charge in [0, 0.05) is 24.3 Å². The van der Waals surface area contributed by atoms with Gasteiger partial charge < -0.3 is 9.64 Å². The molecule has 3 rings (SSSR count). The number of ether oxygens (including phenoxy) is 1. The second-order valence-electron chi connectivity index (χ2n) is 6.25. The first kappa shape index (κ1) is 20.1. The van der Waals surface area contributed by atoms with Crippen molar-refractivity contribution in [2.75, 3.05) is 24.6 Å². The van der Waals surface area contributed by atoms with Crippen molar-refractivity contribution in [2.45, 2.75) is 12.8 Å². The minimum Gasteiger partial charge on any atom is -0.478 e. The predicted octanol–water partition coefficient (Wildman–Crippen LogP) is 4.37. The molecule has 1 aliphatic rings. The molecule has 5 nitrogen and oxygen atoms in total. The van der Waals surface area contributed by atoms with Crippen LogP contribution in [0.15, 0.2) is 41.5 Å². The van der Waals surface area contributed by atoms with Gasteiger partial charge in [-0.3, -0.25) is 4.79 Å². The van der Waals surface area contributed by atoms with Gasteiger partial charge in [-0.2, -0.15) is 5.10 Å². The zero-order valence-electron chi connectivity index (χ0n) is 15.1. The molecule has 0 bridgehead atoms. The Morgan fingerprint density at radius 1 is 1.21 bits per heavy atom. The summed E-state index contributed by atoms with van der Waals surface area (Å²) in [4.78, 5) is 14.6. The van der Waals surface area contributed by atoms with Crippen LogP contribution in [0.4, 0.5) is 5.69 Å². The smallest absolute Gasteiger partial charge is 0.271 e. The number of terminal acetylenes is 1. The fraction of sp³-hybridized carbons (Fsp3) is 0.238. The van der Waals surface area contributed by atoms with Crippen molar-refractivity contribution >= 4 is 41.0 Å². The maximum absolute atomic E-state index is 12.2. The maximum atomic E-state index is 12.2. The summed E-state index contributed by atoms with van der Waals surface area (Å²) in [6.45, 7) is 2.19. The Balaban J connectivity index is 1.61. The quantitative estimate of drug-likeness (QED) is 0.432. The molecule has 7 heteroatoms. The summed E-state index contributed by atoms with van der Waals surface area (Å²) in [6, 6.07) is 10.8. The van der Waals surface area contributed by atoms with E-state index in [1.54, 1.807) is 24.3 Å². The van der Waals surface area contributed by atoms with Crippen molar-refractivity contribution in [2.24, 2.45) is 5.10 Å². The molecule has 1 aliphatic heterocycles. The first-order chi connectivity index (χ1) is 13.6. The number of halogens is 2. The summed E-state index contributed by atoms with van der Waals surface area (Å²) in [5.41, 5.74) is 4.79.